The Labute approximate surface area is 136 Å². The number of nitrogens with one attached hydrogen (secondary N) is 1. The molecular formula is C15H18N2O7. The van der Waals surface area contributed by atoms with Crippen LogP contribution < -0.4 is 11.2 Å². The predicted molar refractivity (Wildman–Crippen MR) is 80.7 cm³/mol. The molecule has 0 saturated carbocycles. The number of aliphatic hydroxyl groups is 1. The summed E-state index contributed by atoms with van der Waals surface area (Å²) >= 11 is 0. The van der Waals surface area contributed by atoms with E-state index in [2.05, 4.69) is 11.6 Å². The number of carbonyl (C=O) groups is 1. The molecule has 9 nitrogen and oxygen atoms in total. The van der Waals surface area contributed by atoms with Gasteiger partial charge in [0.05, 0.1) is 6.61 Å². The number of ether oxygens (including phenoxy) is 3. The Morgan fingerprint density at radius 2 is 2.08 bits per heavy atom. The van der Waals surface area contributed by atoms with Crippen molar-refractivity contribution in [3.63, 3.8) is 0 Å². The molecule has 2 aliphatic heterocycles. The SMILES string of the molecule is C=CC(=O)c1cn([C@@H]2O[C@H](CO)C3OC(C)(C)O[C@@H]32)c(=O)[nH]c1=O. The number of rotatable bonds is 4. The Bertz CT molecular complexity index is 794. The fourth-order valence-corrected chi connectivity index (χ4v) is 2.99. The van der Waals surface area contributed by atoms with Crippen molar-refractivity contribution in [2.75, 3.05) is 6.61 Å². The highest BCUT2D eigenvalue weighted by Gasteiger charge is 2.55. The van der Waals surface area contributed by atoms with Crippen LogP contribution in [0, 0.1) is 0 Å². The second kappa shape index (κ2) is 5.78. The minimum atomic E-state index is -0.949. The number of aromatic amines is 1. The van der Waals surface area contributed by atoms with Crippen molar-refractivity contribution < 1.29 is 24.1 Å². The number of nitrogens with zero attached hydrogens (tertiary/aromatic N) is 1. The third-order valence-electron chi connectivity index (χ3n) is 4.00. The van der Waals surface area contributed by atoms with Gasteiger partial charge in [-0.05, 0) is 19.9 Å². The van der Waals surface area contributed by atoms with Crippen LogP contribution in [0.25, 0.3) is 0 Å². The number of H-pyrrole nitrogens is 1. The summed E-state index contributed by atoms with van der Waals surface area (Å²) < 4.78 is 18.2. The van der Waals surface area contributed by atoms with Crippen molar-refractivity contribution in [3.8, 4) is 0 Å². The Kier molecular flexibility index (Phi) is 4.04. The third-order valence-corrected chi connectivity index (χ3v) is 4.00. The lowest BCUT2D eigenvalue weighted by molar-refractivity contribution is -0.200. The Hall–Kier alpha value is -2.07. The van der Waals surface area contributed by atoms with E-state index in [1.807, 2.05) is 0 Å². The van der Waals surface area contributed by atoms with E-state index in [0.29, 0.717) is 0 Å². The molecule has 2 saturated heterocycles. The van der Waals surface area contributed by atoms with E-state index in [1.165, 1.54) is 0 Å². The van der Waals surface area contributed by atoms with E-state index in [9.17, 15) is 19.5 Å². The van der Waals surface area contributed by atoms with Gasteiger partial charge in [0.2, 0.25) is 0 Å². The number of aromatic nitrogens is 2. The molecule has 1 aromatic heterocycles. The summed E-state index contributed by atoms with van der Waals surface area (Å²) in [6, 6.07) is 0. The molecule has 4 atom stereocenters. The zero-order chi connectivity index (χ0) is 17.6. The van der Waals surface area contributed by atoms with Crippen molar-refractivity contribution in [2.45, 2.75) is 44.2 Å². The van der Waals surface area contributed by atoms with E-state index in [4.69, 9.17) is 14.2 Å². The standard InChI is InChI=1S/C15H18N2O7/c1-4-8(19)7-5-17(14(21)16-12(7)20)13-11-10(9(6-18)22-13)23-15(2,3)24-11/h4-5,9-11,13,18H,1,6H2,2-3H3,(H,16,20,21)/t9-,10?,11+,13-/m1/s1. The molecule has 2 fully saturated rings. The van der Waals surface area contributed by atoms with Crippen LogP contribution >= 0.6 is 0 Å². The van der Waals surface area contributed by atoms with Crippen LogP contribution in [-0.2, 0) is 14.2 Å². The molecule has 2 aliphatic rings. The molecule has 1 aromatic rings. The summed E-state index contributed by atoms with van der Waals surface area (Å²) in [5.74, 6) is -1.53. The highest BCUT2D eigenvalue weighted by atomic mass is 16.8. The van der Waals surface area contributed by atoms with Gasteiger partial charge in [0.1, 0.15) is 23.9 Å². The van der Waals surface area contributed by atoms with Gasteiger partial charge >= 0.3 is 5.69 Å². The van der Waals surface area contributed by atoms with Crippen molar-refractivity contribution in [1.29, 1.82) is 0 Å². The van der Waals surface area contributed by atoms with E-state index in [-0.39, 0.29) is 12.2 Å². The third kappa shape index (κ3) is 2.65. The lowest BCUT2D eigenvalue weighted by Gasteiger charge is -2.24. The first-order valence-corrected chi connectivity index (χ1v) is 7.41. The maximum atomic E-state index is 12.2. The molecule has 0 aromatic carbocycles. The largest absolute Gasteiger partial charge is 0.394 e. The first-order chi connectivity index (χ1) is 11.3. The van der Waals surface area contributed by atoms with Gasteiger partial charge in [-0.15, -0.1) is 0 Å². The molecule has 9 heteroatoms. The van der Waals surface area contributed by atoms with Gasteiger partial charge in [0.15, 0.2) is 17.8 Å². The zero-order valence-corrected chi connectivity index (χ0v) is 13.2. The number of allylic oxidation sites excluding steroid dienone is 1. The first-order valence-electron chi connectivity index (χ1n) is 7.41. The van der Waals surface area contributed by atoms with Crippen molar-refractivity contribution >= 4 is 5.78 Å². The maximum Gasteiger partial charge on any atom is 0.330 e. The number of carbonyl (C=O) groups excluding carboxylic acids is 1. The number of fused-ring (bicyclic) bond motifs is 1. The number of aliphatic hydroxyl groups excluding tert-OH is 1. The molecule has 0 aliphatic carbocycles. The molecule has 130 valence electrons. The average Bonchev–Trinajstić information content (AvgIpc) is 3.00. The summed E-state index contributed by atoms with van der Waals surface area (Å²) in [4.78, 5) is 37.8. The normalized spacial score (nSPS) is 31.0. The van der Waals surface area contributed by atoms with Crippen LogP contribution in [0.5, 0.6) is 0 Å². The van der Waals surface area contributed by atoms with Crippen molar-refractivity contribution in [2.24, 2.45) is 0 Å². The Morgan fingerprint density at radius 1 is 1.42 bits per heavy atom. The van der Waals surface area contributed by atoms with Gasteiger partial charge in [0.25, 0.3) is 5.56 Å². The second-order valence-electron chi connectivity index (χ2n) is 6.09. The van der Waals surface area contributed by atoms with E-state index >= 15 is 0 Å². The van der Waals surface area contributed by atoms with Crippen molar-refractivity contribution in [1.82, 2.24) is 9.55 Å². The van der Waals surface area contributed by atoms with Crippen LogP contribution in [0.2, 0.25) is 0 Å². The number of hydrogen-bond acceptors (Lipinski definition) is 7. The molecule has 0 amide bonds. The summed E-state index contributed by atoms with van der Waals surface area (Å²) in [5, 5.41) is 9.47. The minimum absolute atomic E-state index is 0.240. The summed E-state index contributed by atoms with van der Waals surface area (Å²) in [7, 11) is 0. The van der Waals surface area contributed by atoms with Gasteiger partial charge in [-0.2, -0.15) is 0 Å². The van der Waals surface area contributed by atoms with Crippen LogP contribution in [-0.4, -0.2) is 51.1 Å². The first kappa shape index (κ1) is 16.8. The fourth-order valence-electron chi connectivity index (χ4n) is 2.99. The molecule has 0 radical (unpaired) electrons. The molecule has 2 N–H and O–H groups in total. The Morgan fingerprint density at radius 3 is 2.71 bits per heavy atom. The van der Waals surface area contributed by atoms with Gasteiger partial charge in [-0.3, -0.25) is 19.1 Å². The molecule has 0 spiro atoms. The van der Waals surface area contributed by atoms with E-state index < -0.39 is 47.4 Å². The predicted octanol–water partition coefficient (Wildman–Crippen LogP) is -0.685. The van der Waals surface area contributed by atoms with Gasteiger partial charge < -0.3 is 19.3 Å². The molecule has 0 bridgehead atoms. The van der Waals surface area contributed by atoms with Crippen LogP contribution in [0.4, 0.5) is 0 Å². The number of hydrogen-bond donors (Lipinski definition) is 2. The highest BCUT2D eigenvalue weighted by Crippen LogP contribution is 2.42. The minimum Gasteiger partial charge on any atom is -0.394 e. The summed E-state index contributed by atoms with van der Waals surface area (Å²) in [6.45, 7) is 6.42. The molecule has 24 heavy (non-hydrogen) atoms. The summed E-state index contributed by atoms with van der Waals surface area (Å²) in [6.07, 6.45) is -0.804. The monoisotopic (exact) mass is 338 g/mol. The molecule has 1 unspecified atom stereocenters. The quantitative estimate of drug-likeness (QED) is 0.551. The van der Waals surface area contributed by atoms with E-state index in [1.54, 1.807) is 13.8 Å². The maximum absolute atomic E-state index is 12.2. The zero-order valence-electron chi connectivity index (χ0n) is 13.2. The van der Waals surface area contributed by atoms with Gasteiger partial charge in [0, 0.05) is 6.20 Å². The van der Waals surface area contributed by atoms with Crippen LogP contribution in [0.3, 0.4) is 0 Å². The lowest BCUT2D eigenvalue weighted by atomic mass is 10.1. The van der Waals surface area contributed by atoms with Crippen molar-refractivity contribution in [3.05, 3.63) is 45.3 Å². The summed E-state index contributed by atoms with van der Waals surface area (Å²) in [5.41, 5.74) is -1.80. The number of ketones is 1. The van der Waals surface area contributed by atoms with Gasteiger partial charge in [-0.1, -0.05) is 6.58 Å². The Balaban J connectivity index is 2.05. The van der Waals surface area contributed by atoms with Crippen LogP contribution in [0.15, 0.2) is 28.4 Å². The molecule has 3 heterocycles. The fraction of sp³-hybridized carbons (Fsp3) is 0.533. The smallest absolute Gasteiger partial charge is 0.330 e. The topological polar surface area (TPSA) is 120 Å². The lowest BCUT2D eigenvalue weighted by Crippen LogP contribution is -2.39. The average molecular weight is 338 g/mol. The van der Waals surface area contributed by atoms with E-state index in [0.717, 1.165) is 16.8 Å². The van der Waals surface area contributed by atoms with Crippen LogP contribution in [0.1, 0.15) is 30.4 Å². The molecular weight excluding hydrogens is 320 g/mol. The highest BCUT2D eigenvalue weighted by molar-refractivity contribution is 6.03. The van der Waals surface area contributed by atoms with Gasteiger partial charge in [-0.25, -0.2) is 4.79 Å². The second-order valence-corrected chi connectivity index (χ2v) is 6.09. The molecule has 3 rings (SSSR count).